The van der Waals surface area contributed by atoms with Crippen molar-refractivity contribution < 1.29 is 29.0 Å². The molecule has 154 valence electrons. The molecule has 4 rings (SSSR count). The van der Waals surface area contributed by atoms with Gasteiger partial charge in [0, 0.05) is 30.5 Å². The van der Waals surface area contributed by atoms with Crippen molar-refractivity contribution in [1.82, 2.24) is 0 Å². The zero-order chi connectivity index (χ0) is 20.2. The number of quaternary nitrogens is 1. The average molecular weight is 400 g/mol. The third kappa shape index (κ3) is 4.72. The van der Waals surface area contributed by atoms with Crippen molar-refractivity contribution in [3.8, 4) is 17.2 Å². The first-order valence-corrected chi connectivity index (χ1v) is 9.74. The minimum atomic E-state index is -0.0816. The van der Waals surface area contributed by atoms with Gasteiger partial charge in [-0.2, -0.15) is 0 Å². The minimum Gasteiger partial charge on any atom is -0.507 e. The van der Waals surface area contributed by atoms with Crippen LogP contribution in [0.25, 0.3) is 0 Å². The van der Waals surface area contributed by atoms with Gasteiger partial charge in [-0.05, 0) is 30.3 Å². The number of carbonyl (C=O) groups excluding carboxylic acids is 1. The molecule has 8 heteroatoms. The third-order valence-corrected chi connectivity index (χ3v) is 5.06. The fourth-order valence-electron chi connectivity index (χ4n) is 3.56. The number of ether oxygens (including phenoxy) is 3. The highest BCUT2D eigenvalue weighted by atomic mass is 16.7. The minimum absolute atomic E-state index is 0.0816. The van der Waals surface area contributed by atoms with E-state index in [1.807, 2.05) is 31.3 Å². The number of rotatable bonds is 6. The number of phenolic OH excluding ortho intramolecular Hbond substituents is 1. The monoisotopic (exact) mass is 400 g/mol. The van der Waals surface area contributed by atoms with Crippen LogP contribution < -0.4 is 24.6 Å². The summed E-state index contributed by atoms with van der Waals surface area (Å²) in [4.78, 5) is 15.6. The van der Waals surface area contributed by atoms with Crippen molar-refractivity contribution in [1.29, 1.82) is 0 Å². The van der Waals surface area contributed by atoms with Gasteiger partial charge in [-0.1, -0.05) is 0 Å². The maximum atomic E-state index is 12.4. The van der Waals surface area contributed by atoms with Crippen LogP contribution in [0.3, 0.4) is 0 Å². The summed E-state index contributed by atoms with van der Waals surface area (Å²) in [5.74, 6) is 1.23. The van der Waals surface area contributed by atoms with Crippen LogP contribution in [0.4, 0.5) is 11.4 Å². The van der Waals surface area contributed by atoms with Crippen LogP contribution in [0, 0.1) is 0 Å². The van der Waals surface area contributed by atoms with E-state index in [1.165, 1.54) is 0 Å². The van der Waals surface area contributed by atoms with E-state index in [2.05, 4.69) is 10.2 Å². The molecule has 0 aromatic heterocycles. The molecule has 0 saturated carbocycles. The molecule has 3 N–H and O–H groups in total. The van der Waals surface area contributed by atoms with Gasteiger partial charge in [-0.3, -0.25) is 4.79 Å². The van der Waals surface area contributed by atoms with Gasteiger partial charge in [0.15, 0.2) is 18.0 Å². The van der Waals surface area contributed by atoms with E-state index in [0.717, 1.165) is 48.1 Å². The number of fused-ring (bicyclic) bond motifs is 1. The Morgan fingerprint density at radius 3 is 2.55 bits per heavy atom. The summed E-state index contributed by atoms with van der Waals surface area (Å²) in [6.07, 6.45) is 0. The SMILES string of the molecule is C[NH+](CC(=O)Nc1ccc(N2CCOCC2)cc1)Cc1cc2c(cc1O)OCO2. The van der Waals surface area contributed by atoms with Crippen LogP contribution >= 0.6 is 0 Å². The number of anilines is 2. The summed E-state index contributed by atoms with van der Waals surface area (Å²) in [7, 11) is 1.91. The van der Waals surface area contributed by atoms with E-state index in [9.17, 15) is 9.90 Å². The number of morpholine rings is 1. The van der Waals surface area contributed by atoms with Crippen LogP contribution in [0.5, 0.6) is 17.2 Å². The molecule has 0 aliphatic carbocycles. The predicted molar refractivity (Wildman–Crippen MR) is 108 cm³/mol. The molecule has 2 heterocycles. The standard InChI is InChI=1S/C21H25N3O5/c1-23(12-15-10-19-20(11-18(15)25)29-14-28-19)13-21(26)22-16-2-4-17(5-3-16)24-6-8-27-9-7-24/h2-5,10-11,25H,6-9,12-14H2,1H3,(H,22,26)/p+1. The van der Waals surface area contributed by atoms with E-state index in [-0.39, 0.29) is 25.0 Å². The number of phenols is 1. The molecule has 8 nitrogen and oxygen atoms in total. The molecule has 2 aliphatic rings. The molecule has 29 heavy (non-hydrogen) atoms. The summed E-state index contributed by atoms with van der Waals surface area (Å²) in [5, 5.41) is 13.1. The average Bonchev–Trinajstić information content (AvgIpc) is 3.16. The number of nitrogens with one attached hydrogen (secondary N) is 2. The highest BCUT2D eigenvalue weighted by Crippen LogP contribution is 2.37. The Balaban J connectivity index is 1.30. The molecular weight excluding hydrogens is 374 g/mol. The molecule has 0 spiro atoms. The van der Waals surface area contributed by atoms with E-state index < -0.39 is 0 Å². The molecule has 1 amide bonds. The second-order valence-electron chi connectivity index (χ2n) is 7.34. The lowest BCUT2D eigenvalue weighted by molar-refractivity contribution is -0.885. The fourth-order valence-corrected chi connectivity index (χ4v) is 3.56. The van der Waals surface area contributed by atoms with Gasteiger partial charge in [-0.15, -0.1) is 0 Å². The highest BCUT2D eigenvalue weighted by Gasteiger charge is 2.20. The zero-order valence-corrected chi connectivity index (χ0v) is 16.4. The lowest BCUT2D eigenvalue weighted by Gasteiger charge is -2.28. The largest absolute Gasteiger partial charge is 0.507 e. The van der Waals surface area contributed by atoms with Gasteiger partial charge in [0.2, 0.25) is 6.79 Å². The highest BCUT2D eigenvalue weighted by molar-refractivity contribution is 5.91. The Kier molecular flexibility index (Phi) is 5.73. The molecule has 2 aromatic rings. The summed E-state index contributed by atoms with van der Waals surface area (Å²) in [5.41, 5.74) is 2.62. The lowest BCUT2D eigenvalue weighted by Crippen LogP contribution is -3.08. The smallest absolute Gasteiger partial charge is 0.279 e. The molecule has 1 fully saturated rings. The quantitative estimate of drug-likeness (QED) is 0.659. The summed E-state index contributed by atoms with van der Waals surface area (Å²) < 4.78 is 16.0. The first kappa shape index (κ1) is 19.4. The second-order valence-corrected chi connectivity index (χ2v) is 7.34. The first-order valence-electron chi connectivity index (χ1n) is 9.74. The van der Waals surface area contributed by atoms with Crippen molar-refractivity contribution in [3.05, 3.63) is 42.0 Å². The molecule has 0 bridgehead atoms. The van der Waals surface area contributed by atoms with E-state index >= 15 is 0 Å². The van der Waals surface area contributed by atoms with E-state index in [1.54, 1.807) is 12.1 Å². The summed E-state index contributed by atoms with van der Waals surface area (Å²) in [6.45, 7) is 4.18. The number of carbonyl (C=O) groups is 1. The molecule has 1 saturated heterocycles. The van der Waals surface area contributed by atoms with E-state index in [0.29, 0.717) is 18.0 Å². The van der Waals surface area contributed by atoms with Crippen molar-refractivity contribution in [3.63, 3.8) is 0 Å². The maximum Gasteiger partial charge on any atom is 0.279 e. The molecular formula is C21H26N3O5+. The fraction of sp³-hybridized carbons (Fsp3) is 0.381. The van der Waals surface area contributed by atoms with Crippen LogP contribution in [0.1, 0.15) is 5.56 Å². The van der Waals surface area contributed by atoms with Gasteiger partial charge in [0.05, 0.1) is 25.8 Å². The summed E-state index contributed by atoms with van der Waals surface area (Å²) >= 11 is 0. The number of aromatic hydroxyl groups is 1. The Bertz CT molecular complexity index is 865. The molecule has 0 radical (unpaired) electrons. The Morgan fingerprint density at radius 1 is 1.14 bits per heavy atom. The number of likely N-dealkylation sites (N-methyl/N-ethyl adjacent to an activating group) is 1. The second kappa shape index (κ2) is 8.59. The van der Waals surface area contributed by atoms with Gasteiger partial charge < -0.3 is 34.4 Å². The molecule has 2 aliphatic heterocycles. The number of hydrogen-bond donors (Lipinski definition) is 3. The van der Waals surface area contributed by atoms with Gasteiger partial charge in [-0.25, -0.2) is 0 Å². The zero-order valence-electron chi connectivity index (χ0n) is 16.4. The Hall–Kier alpha value is -2.97. The van der Waals surface area contributed by atoms with Crippen molar-refractivity contribution >= 4 is 17.3 Å². The van der Waals surface area contributed by atoms with Crippen LogP contribution in [0.2, 0.25) is 0 Å². The number of hydrogen-bond acceptors (Lipinski definition) is 6. The topological polar surface area (TPSA) is 84.7 Å². The lowest BCUT2D eigenvalue weighted by atomic mass is 10.1. The van der Waals surface area contributed by atoms with Crippen LogP contribution in [-0.4, -0.2) is 57.7 Å². The summed E-state index contributed by atoms with van der Waals surface area (Å²) in [6, 6.07) is 11.2. The van der Waals surface area contributed by atoms with Crippen molar-refractivity contribution in [2.24, 2.45) is 0 Å². The van der Waals surface area contributed by atoms with Gasteiger partial charge in [0.1, 0.15) is 12.3 Å². The molecule has 1 unspecified atom stereocenters. The third-order valence-electron chi connectivity index (χ3n) is 5.06. The van der Waals surface area contributed by atoms with Crippen molar-refractivity contribution in [2.75, 3.05) is 56.9 Å². The first-order chi connectivity index (χ1) is 14.1. The number of amides is 1. The molecule has 2 aromatic carbocycles. The Morgan fingerprint density at radius 2 is 1.83 bits per heavy atom. The van der Waals surface area contributed by atoms with Gasteiger partial charge >= 0.3 is 0 Å². The predicted octanol–water partition coefficient (Wildman–Crippen LogP) is 0.611. The maximum absolute atomic E-state index is 12.4. The Labute approximate surface area is 169 Å². The van der Waals surface area contributed by atoms with Crippen LogP contribution in [0.15, 0.2) is 36.4 Å². The molecule has 1 atom stereocenters. The van der Waals surface area contributed by atoms with E-state index in [4.69, 9.17) is 14.2 Å². The van der Waals surface area contributed by atoms with Crippen LogP contribution in [-0.2, 0) is 16.1 Å². The normalized spacial score (nSPS) is 16.5. The number of nitrogens with zero attached hydrogens (tertiary/aromatic N) is 1. The van der Waals surface area contributed by atoms with Gasteiger partial charge in [0.25, 0.3) is 5.91 Å². The number of benzene rings is 2. The van der Waals surface area contributed by atoms with Crippen molar-refractivity contribution in [2.45, 2.75) is 6.54 Å².